The number of hydrogen-bond donors (Lipinski definition) is 2. The molecule has 5 nitrogen and oxygen atoms in total. The van der Waals surface area contributed by atoms with E-state index in [0.29, 0.717) is 38.4 Å². The highest BCUT2D eigenvalue weighted by atomic mass is 16.4. The van der Waals surface area contributed by atoms with Crippen LogP contribution in [0.1, 0.15) is 38.2 Å². The Morgan fingerprint density at radius 2 is 1.82 bits per heavy atom. The number of anilines is 1. The van der Waals surface area contributed by atoms with E-state index in [1.54, 1.807) is 0 Å². The molecule has 0 aliphatic carbocycles. The molecule has 1 heterocycles. The Hall–Kier alpha value is -1.88. The van der Waals surface area contributed by atoms with Crippen LogP contribution >= 0.6 is 0 Å². The van der Waals surface area contributed by atoms with E-state index in [1.165, 1.54) is 5.56 Å². The standard InChI is InChI=1S/C17H24N2O3/c1-12(2)13-3-5-15(6-4-13)18-16(20)11-19-9-7-14(8-10-19)17(21)22/h3-6,12,14H,7-11H2,1-2H3,(H,18,20)(H,21,22). The lowest BCUT2D eigenvalue weighted by molar-refractivity contribution is -0.897. The molecule has 5 heteroatoms. The monoisotopic (exact) mass is 304 g/mol. The summed E-state index contributed by atoms with van der Waals surface area (Å²) in [6.45, 7) is 6.06. The second-order valence-electron chi connectivity index (χ2n) is 6.34. The Labute approximate surface area is 131 Å². The number of carbonyl (C=O) groups is 2. The van der Waals surface area contributed by atoms with Gasteiger partial charge in [-0.2, -0.15) is 0 Å². The summed E-state index contributed by atoms with van der Waals surface area (Å²) >= 11 is 0. The van der Waals surface area contributed by atoms with Crippen LogP contribution in [0.5, 0.6) is 0 Å². The summed E-state index contributed by atoms with van der Waals surface area (Å²) < 4.78 is 0. The zero-order chi connectivity index (χ0) is 16.1. The van der Waals surface area contributed by atoms with Crippen LogP contribution in [0, 0.1) is 5.92 Å². The second-order valence-corrected chi connectivity index (χ2v) is 6.34. The van der Waals surface area contributed by atoms with Crippen molar-refractivity contribution in [2.24, 2.45) is 5.92 Å². The summed E-state index contributed by atoms with van der Waals surface area (Å²) in [7, 11) is 0. The molecule has 0 radical (unpaired) electrons. The first kappa shape index (κ1) is 16.5. The minimum Gasteiger partial charge on any atom is -0.550 e. The van der Waals surface area contributed by atoms with E-state index in [1.807, 2.05) is 24.3 Å². The lowest BCUT2D eigenvalue weighted by Gasteiger charge is -2.29. The van der Waals surface area contributed by atoms with Gasteiger partial charge in [-0.1, -0.05) is 26.0 Å². The Morgan fingerprint density at radius 3 is 2.32 bits per heavy atom. The van der Waals surface area contributed by atoms with E-state index >= 15 is 0 Å². The zero-order valence-corrected chi connectivity index (χ0v) is 13.2. The highest BCUT2D eigenvalue weighted by molar-refractivity contribution is 5.91. The van der Waals surface area contributed by atoms with Crippen LogP contribution in [0.2, 0.25) is 0 Å². The van der Waals surface area contributed by atoms with Gasteiger partial charge in [0.1, 0.15) is 0 Å². The molecule has 1 aromatic rings. The zero-order valence-electron chi connectivity index (χ0n) is 13.2. The van der Waals surface area contributed by atoms with Crippen molar-refractivity contribution in [1.29, 1.82) is 0 Å². The Morgan fingerprint density at radius 1 is 1.23 bits per heavy atom. The number of carbonyl (C=O) groups excluding carboxylic acids is 2. The molecule has 120 valence electrons. The van der Waals surface area contributed by atoms with Gasteiger partial charge < -0.3 is 20.1 Å². The number of hydrogen-bond acceptors (Lipinski definition) is 3. The molecule has 2 rings (SSSR count). The number of benzene rings is 1. The second kappa shape index (κ2) is 7.40. The molecule has 0 atom stereocenters. The first-order valence-electron chi connectivity index (χ1n) is 7.90. The van der Waals surface area contributed by atoms with E-state index in [0.717, 1.165) is 10.6 Å². The molecule has 2 N–H and O–H groups in total. The summed E-state index contributed by atoms with van der Waals surface area (Å²) in [4.78, 5) is 24.0. The summed E-state index contributed by atoms with van der Waals surface area (Å²) in [6.07, 6.45) is 1.18. The fourth-order valence-corrected chi connectivity index (χ4v) is 2.82. The fraction of sp³-hybridized carbons (Fsp3) is 0.529. The Bertz CT molecular complexity index is 517. The van der Waals surface area contributed by atoms with E-state index in [4.69, 9.17) is 0 Å². The highest BCUT2D eigenvalue weighted by Gasteiger charge is 2.24. The molecular formula is C17H24N2O3. The van der Waals surface area contributed by atoms with Gasteiger partial charge in [0.05, 0.1) is 13.1 Å². The van der Waals surface area contributed by atoms with Gasteiger partial charge in [0.25, 0.3) is 5.91 Å². The van der Waals surface area contributed by atoms with Crippen molar-refractivity contribution in [1.82, 2.24) is 0 Å². The molecule has 0 unspecified atom stereocenters. The SMILES string of the molecule is CC(C)c1ccc(NC(=O)C[NH+]2CCC(C(=O)[O-])CC2)cc1. The number of quaternary nitrogens is 1. The van der Waals surface area contributed by atoms with Crippen molar-refractivity contribution < 1.29 is 19.6 Å². The number of carboxylic acid groups (broad SMARTS) is 1. The van der Waals surface area contributed by atoms with E-state index in [2.05, 4.69) is 19.2 Å². The van der Waals surface area contributed by atoms with Gasteiger partial charge in [0.15, 0.2) is 6.54 Å². The van der Waals surface area contributed by atoms with Crippen LogP contribution in [-0.4, -0.2) is 31.5 Å². The fourth-order valence-electron chi connectivity index (χ4n) is 2.82. The van der Waals surface area contributed by atoms with E-state index in [9.17, 15) is 14.7 Å². The summed E-state index contributed by atoms with van der Waals surface area (Å²) in [5, 5.41) is 13.7. The Balaban J connectivity index is 1.80. The lowest BCUT2D eigenvalue weighted by atomic mass is 9.97. The average Bonchev–Trinajstić information content (AvgIpc) is 2.48. The summed E-state index contributed by atoms with van der Waals surface area (Å²) in [5.74, 6) is -0.873. The Kier molecular flexibility index (Phi) is 5.55. The van der Waals surface area contributed by atoms with Gasteiger partial charge in [-0.3, -0.25) is 4.79 Å². The molecule has 0 spiro atoms. The third-order valence-electron chi connectivity index (χ3n) is 4.30. The van der Waals surface area contributed by atoms with Crippen LogP contribution in [0.25, 0.3) is 0 Å². The average molecular weight is 304 g/mol. The smallest absolute Gasteiger partial charge is 0.279 e. The molecule has 0 saturated carbocycles. The molecule has 0 aromatic heterocycles. The van der Waals surface area contributed by atoms with Gasteiger partial charge in [0, 0.05) is 30.4 Å². The molecule has 1 fully saturated rings. The molecule has 0 bridgehead atoms. The van der Waals surface area contributed by atoms with Crippen molar-refractivity contribution in [2.75, 3.05) is 25.0 Å². The number of rotatable bonds is 5. The molecule has 1 aromatic carbocycles. The first-order chi connectivity index (χ1) is 10.5. The molecule has 1 saturated heterocycles. The van der Waals surface area contributed by atoms with Crippen molar-refractivity contribution in [3.05, 3.63) is 29.8 Å². The first-order valence-corrected chi connectivity index (χ1v) is 7.90. The predicted octanol–water partition coefficient (Wildman–Crippen LogP) is -0.207. The van der Waals surface area contributed by atoms with Crippen LogP contribution < -0.4 is 15.3 Å². The third-order valence-corrected chi connectivity index (χ3v) is 4.30. The predicted molar refractivity (Wildman–Crippen MR) is 82.5 cm³/mol. The van der Waals surface area contributed by atoms with Gasteiger partial charge in [-0.15, -0.1) is 0 Å². The maximum absolute atomic E-state index is 12.1. The van der Waals surface area contributed by atoms with Gasteiger partial charge in [-0.05, 0) is 23.6 Å². The minimum absolute atomic E-state index is 0.0285. The maximum Gasteiger partial charge on any atom is 0.279 e. The number of piperidine rings is 1. The molecule has 1 aliphatic rings. The van der Waals surface area contributed by atoms with E-state index < -0.39 is 5.97 Å². The molecule has 22 heavy (non-hydrogen) atoms. The normalized spacial score (nSPS) is 21.6. The maximum atomic E-state index is 12.1. The topological polar surface area (TPSA) is 73.7 Å². The van der Waals surface area contributed by atoms with Crippen molar-refractivity contribution >= 4 is 17.6 Å². The molecule has 1 amide bonds. The number of aliphatic carboxylic acids is 1. The quantitative estimate of drug-likeness (QED) is 0.791. The van der Waals surface area contributed by atoms with Gasteiger partial charge in [0.2, 0.25) is 0 Å². The van der Waals surface area contributed by atoms with Crippen molar-refractivity contribution in [3.8, 4) is 0 Å². The largest absolute Gasteiger partial charge is 0.550 e. The van der Waals surface area contributed by atoms with E-state index in [-0.39, 0.29) is 11.8 Å². The van der Waals surface area contributed by atoms with Crippen LogP contribution in [0.15, 0.2) is 24.3 Å². The lowest BCUT2D eigenvalue weighted by Crippen LogP contribution is -3.14. The van der Waals surface area contributed by atoms with Crippen LogP contribution in [0.3, 0.4) is 0 Å². The minimum atomic E-state index is -0.964. The van der Waals surface area contributed by atoms with Crippen LogP contribution in [0.4, 0.5) is 5.69 Å². The molecular weight excluding hydrogens is 280 g/mol. The molecule has 1 aliphatic heterocycles. The summed E-state index contributed by atoms with van der Waals surface area (Å²) in [5.41, 5.74) is 2.05. The van der Waals surface area contributed by atoms with Crippen LogP contribution in [-0.2, 0) is 9.59 Å². The van der Waals surface area contributed by atoms with Crippen molar-refractivity contribution in [3.63, 3.8) is 0 Å². The number of carboxylic acids is 1. The highest BCUT2D eigenvalue weighted by Crippen LogP contribution is 2.16. The number of likely N-dealkylation sites (tertiary alicyclic amines) is 1. The third kappa shape index (κ3) is 4.56. The number of amides is 1. The van der Waals surface area contributed by atoms with Gasteiger partial charge >= 0.3 is 0 Å². The van der Waals surface area contributed by atoms with Gasteiger partial charge in [-0.25, -0.2) is 0 Å². The number of nitrogens with one attached hydrogen (secondary N) is 2. The summed E-state index contributed by atoms with van der Waals surface area (Å²) in [6, 6.07) is 7.90. The van der Waals surface area contributed by atoms with Crippen molar-refractivity contribution in [2.45, 2.75) is 32.6 Å².